The zero-order chi connectivity index (χ0) is 26.4. The number of aromatic nitrogens is 1. The van der Waals surface area contributed by atoms with E-state index in [4.69, 9.17) is 4.74 Å². The number of pyridine rings is 1. The second-order valence-corrected chi connectivity index (χ2v) is 6.82. The van der Waals surface area contributed by atoms with Gasteiger partial charge in [-0.25, -0.2) is 8.78 Å². The minimum absolute atomic E-state index is 0.358. The van der Waals surface area contributed by atoms with Crippen molar-refractivity contribution in [2.45, 2.75) is 45.6 Å². The summed E-state index contributed by atoms with van der Waals surface area (Å²) >= 11 is 0. The Kier molecular flexibility index (Phi) is 8.89. The first kappa shape index (κ1) is 28.1. The zero-order valence-electron chi connectivity index (χ0n) is 19.4. The molecule has 0 aliphatic carbocycles. The molecule has 4 rings (SSSR count). The molecule has 1 aromatic heterocycles. The minimum atomic E-state index is -4.83. The zero-order valence-corrected chi connectivity index (χ0v) is 19.4. The van der Waals surface area contributed by atoms with E-state index in [0.29, 0.717) is 17.2 Å². The number of rotatable bonds is 5. The highest BCUT2D eigenvalue weighted by Gasteiger charge is 2.68. The first-order chi connectivity index (χ1) is 16.5. The first-order valence-electron chi connectivity index (χ1n) is 10.8. The lowest BCUT2D eigenvalue weighted by molar-refractivity contribution is -0.274. The molecule has 1 unspecified atom stereocenters. The van der Waals surface area contributed by atoms with Gasteiger partial charge in [-0.2, -0.15) is 8.78 Å². The Morgan fingerprint density at radius 1 is 0.829 bits per heavy atom. The Labute approximate surface area is 198 Å². The molecule has 0 saturated carbocycles. The predicted octanol–water partition coefficient (Wildman–Crippen LogP) is 8.00. The summed E-state index contributed by atoms with van der Waals surface area (Å²) in [4.78, 5) is 3.75. The van der Waals surface area contributed by atoms with Gasteiger partial charge in [-0.15, -0.1) is 13.2 Å². The monoisotopic (exact) mass is 503 g/mol. The molecule has 1 atom stereocenters. The van der Waals surface area contributed by atoms with Crippen molar-refractivity contribution in [3.63, 3.8) is 0 Å². The maximum absolute atomic E-state index is 15.1. The highest BCUT2D eigenvalue weighted by atomic mass is 19.4. The van der Waals surface area contributed by atoms with Crippen LogP contribution in [0.1, 0.15) is 39.0 Å². The maximum atomic E-state index is 15.1. The molecule has 1 saturated heterocycles. The van der Waals surface area contributed by atoms with Gasteiger partial charge in [0.05, 0.1) is 6.61 Å². The van der Waals surface area contributed by atoms with Gasteiger partial charge in [0, 0.05) is 23.4 Å². The van der Waals surface area contributed by atoms with E-state index in [0.717, 1.165) is 36.5 Å². The Morgan fingerprint density at radius 3 is 1.86 bits per heavy atom. The van der Waals surface area contributed by atoms with Gasteiger partial charge in [-0.1, -0.05) is 45.9 Å². The van der Waals surface area contributed by atoms with Gasteiger partial charge in [-0.05, 0) is 35.9 Å². The van der Waals surface area contributed by atoms with Gasteiger partial charge in [-0.3, -0.25) is 4.98 Å². The minimum Gasteiger partial charge on any atom is -0.406 e. The number of ether oxygens (including phenoxy) is 2. The van der Waals surface area contributed by atoms with Crippen molar-refractivity contribution in [3.05, 3.63) is 83.7 Å². The quantitative estimate of drug-likeness (QED) is 0.261. The number of nitrogens with zero attached hydrogens (tertiary/aromatic N) is 1. The number of alkyl halides is 5. The average molecular weight is 503 g/mol. The van der Waals surface area contributed by atoms with Gasteiger partial charge in [0.1, 0.15) is 23.1 Å². The van der Waals surface area contributed by atoms with Crippen molar-refractivity contribution in [1.82, 2.24) is 4.98 Å². The van der Waals surface area contributed by atoms with E-state index in [-0.39, 0.29) is 0 Å². The molecule has 0 radical (unpaired) electrons. The van der Waals surface area contributed by atoms with Crippen molar-refractivity contribution in [2.75, 3.05) is 6.61 Å². The standard InChI is InChI=1S/C21H12F7NO2.2C2H6/c22-14-4-7-16(17(23)9-14)19(11-30-19)20(24,25)18-8-3-13(10-29-18)12-1-5-15(6-2-12)31-21(26,27)28;2*1-2/h1-10H,11H2;2*1-2H3. The van der Waals surface area contributed by atoms with E-state index < -0.39 is 53.1 Å². The van der Waals surface area contributed by atoms with Crippen LogP contribution >= 0.6 is 0 Å². The molecule has 0 bridgehead atoms. The van der Waals surface area contributed by atoms with E-state index in [9.17, 15) is 22.0 Å². The second-order valence-electron chi connectivity index (χ2n) is 6.82. The molecule has 3 nitrogen and oxygen atoms in total. The third-order valence-electron chi connectivity index (χ3n) is 4.81. The fourth-order valence-electron chi connectivity index (χ4n) is 3.20. The average Bonchev–Trinajstić information content (AvgIpc) is 3.64. The molecule has 1 aliphatic heterocycles. The lowest BCUT2D eigenvalue weighted by atomic mass is 9.90. The van der Waals surface area contributed by atoms with E-state index in [1.807, 2.05) is 27.7 Å². The number of epoxide rings is 1. The van der Waals surface area contributed by atoms with Crippen LogP contribution in [0.15, 0.2) is 60.8 Å². The first-order valence-corrected chi connectivity index (χ1v) is 10.8. The van der Waals surface area contributed by atoms with Crippen LogP contribution in [-0.2, 0) is 16.3 Å². The molecule has 3 aromatic rings. The van der Waals surface area contributed by atoms with Crippen LogP contribution in [0.3, 0.4) is 0 Å². The molecule has 0 amide bonds. The number of hydrogen-bond acceptors (Lipinski definition) is 3. The van der Waals surface area contributed by atoms with Crippen LogP contribution in [0.5, 0.6) is 5.75 Å². The molecule has 0 spiro atoms. The van der Waals surface area contributed by atoms with Crippen molar-refractivity contribution in [1.29, 1.82) is 0 Å². The largest absolute Gasteiger partial charge is 0.573 e. The van der Waals surface area contributed by atoms with E-state index in [1.165, 1.54) is 18.2 Å². The Bertz CT molecular complexity index is 1090. The third-order valence-corrected chi connectivity index (χ3v) is 4.81. The van der Waals surface area contributed by atoms with Crippen LogP contribution in [0.2, 0.25) is 0 Å². The number of benzene rings is 2. The summed E-state index contributed by atoms with van der Waals surface area (Å²) in [7, 11) is 0. The fourth-order valence-corrected chi connectivity index (χ4v) is 3.20. The van der Waals surface area contributed by atoms with Crippen LogP contribution in [0.4, 0.5) is 30.7 Å². The van der Waals surface area contributed by atoms with Crippen molar-refractivity contribution >= 4 is 0 Å². The normalized spacial score (nSPS) is 16.9. The van der Waals surface area contributed by atoms with Gasteiger partial charge in [0.25, 0.3) is 0 Å². The summed E-state index contributed by atoms with van der Waals surface area (Å²) in [6, 6.07) is 9.37. The molecular weight excluding hydrogens is 479 g/mol. The van der Waals surface area contributed by atoms with Gasteiger partial charge in [0.15, 0.2) is 5.60 Å². The number of halogens is 7. The molecule has 35 heavy (non-hydrogen) atoms. The Hall–Kier alpha value is -3.14. The highest BCUT2D eigenvalue weighted by Crippen LogP contribution is 2.56. The fraction of sp³-hybridized carbons (Fsp3) is 0.320. The SMILES string of the molecule is CC.CC.Fc1ccc(C2(C(F)(F)c3ccc(-c4ccc(OC(F)(F)F)cc4)cn3)CO2)c(F)c1. The molecule has 2 heterocycles. The summed E-state index contributed by atoms with van der Waals surface area (Å²) in [5.41, 5.74) is -2.70. The van der Waals surface area contributed by atoms with E-state index >= 15 is 8.78 Å². The van der Waals surface area contributed by atoms with E-state index in [2.05, 4.69) is 9.72 Å². The van der Waals surface area contributed by atoms with Crippen LogP contribution in [0.25, 0.3) is 11.1 Å². The lowest BCUT2D eigenvalue weighted by Crippen LogP contribution is -2.34. The molecule has 190 valence electrons. The van der Waals surface area contributed by atoms with Gasteiger partial charge >= 0.3 is 12.3 Å². The van der Waals surface area contributed by atoms with Crippen molar-refractivity contribution in [3.8, 4) is 16.9 Å². The molecule has 1 fully saturated rings. The van der Waals surface area contributed by atoms with Crippen LogP contribution < -0.4 is 4.74 Å². The second kappa shape index (κ2) is 11.1. The van der Waals surface area contributed by atoms with Gasteiger partial charge in [0.2, 0.25) is 0 Å². The summed E-state index contributed by atoms with van der Waals surface area (Å²) in [5.74, 6) is -6.22. The summed E-state index contributed by atoms with van der Waals surface area (Å²) in [5, 5.41) is 0. The molecule has 2 aromatic carbocycles. The summed E-state index contributed by atoms with van der Waals surface area (Å²) in [6.07, 6.45) is -3.72. The smallest absolute Gasteiger partial charge is 0.406 e. The predicted molar refractivity (Wildman–Crippen MR) is 117 cm³/mol. The Balaban J connectivity index is 0.00000103. The van der Waals surface area contributed by atoms with Gasteiger partial charge < -0.3 is 9.47 Å². The van der Waals surface area contributed by atoms with E-state index in [1.54, 1.807) is 0 Å². The molecule has 1 aliphatic rings. The molecular formula is C25H24F7NO2. The number of hydrogen-bond donors (Lipinski definition) is 0. The highest BCUT2D eigenvalue weighted by molar-refractivity contribution is 5.63. The van der Waals surface area contributed by atoms with Crippen molar-refractivity contribution in [2.24, 2.45) is 0 Å². The Morgan fingerprint density at radius 2 is 1.40 bits per heavy atom. The van der Waals surface area contributed by atoms with Crippen molar-refractivity contribution < 1.29 is 40.2 Å². The molecule has 10 heteroatoms. The van der Waals surface area contributed by atoms with Crippen LogP contribution in [-0.4, -0.2) is 18.0 Å². The molecule has 0 N–H and O–H groups in total. The third kappa shape index (κ3) is 6.11. The lowest BCUT2D eigenvalue weighted by Gasteiger charge is -2.24. The topological polar surface area (TPSA) is 34.6 Å². The maximum Gasteiger partial charge on any atom is 0.573 e. The summed E-state index contributed by atoms with van der Waals surface area (Å²) in [6.45, 7) is 7.52. The van der Waals surface area contributed by atoms with Crippen LogP contribution in [0, 0.1) is 11.6 Å². The summed E-state index contributed by atoms with van der Waals surface area (Å²) < 4.78 is 103.